The minimum atomic E-state index is 0.653. The van der Waals surface area contributed by atoms with Gasteiger partial charge < -0.3 is 19.9 Å². The summed E-state index contributed by atoms with van der Waals surface area (Å²) in [7, 11) is 1.80. The van der Waals surface area contributed by atoms with Gasteiger partial charge in [-0.1, -0.05) is 6.92 Å². The number of hydrogen-bond donors (Lipinski definition) is 1. The summed E-state index contributed by atoms with van der Waals surface area (Å²) in [6.07, 6.45) is 6.42. The first-order chi connectivity index (χ1) is 11.7. The quantitative estimate of drug-likeness (QED) is 0.419. The van der Waals surface area contributed by atoms with Gasteiger partial charge >= 0.3 is 0 Å². The number of methoxy groups -OCH3 is 1. The van der Waals surface area contributed by atoms with Crippen LogP contribution in [0, 0.1) is 11.8 Å². The summed E-state index contributed by atoms with van der Waals surface area (Å²) < 4.78 is 5.30. The molecular weight excluding hydrogens is 300 g/mol. The van der Waals surface area contributed by atoms with E-state index in [1.54, 1.807) is 7.11 Å². The molecule has 2 fully saturated rings. The molecular formula is C19H38N4O. The summed E-state index contributed by atoms with van der Waals surface area (Å²) in [4.78, 5) is 9.89. The lowest BCUT2D eigenvalue weighted by atomic mass is 9.99. The normalized spacial score (nSPS) is 23.9. The number of aliphatic imine (C=N–C) groups is 1. The lowest BCUT2D eigenvalue weighted by molar-refractivity contribution is 0.157. The van der Waals surface area contributed by atoms with Crippen LogP contribution in [0.1, 0.15) is 46.0 Å². The number of nitrogens with one attached hydrogen (secondary N) is 1. The molecule has 0 radical (unpaired) electrons. The molecule has 2 saturated heterocycles. The van der Waals surface area contributed by atoms with E-state index < -0.39 is 0 Å². The minimum absolute atomic E-state index is 0.653. The average molecular weight is 339 g/mol. The number of unbranched alkanes of at least 4 members (excludes halogenated alkanes) is 1. The Balaban J connectivity index is 1.66. The SMILES string of the molecule is CCNC(=NCCCCN1CCC(C)CC1)N1CCC(COC)C1. The van der Waals surface area contributed by atoms with Gasteiger partial charge in [0.2, 0.25) is 0 Å². The second-order valence-corrected chi connectivity index (χ2v) is 7.52. The molecule has 2 aliphatic rings. The van der Waals surface area contributed by atoms with Gasteiger partial charge in [-0.15, -0.1) is 0 Å². The highest BCUT2D eigenvalue weighted by Crippen LogP contribution is 2.17. The number of rotatable bonds is 8. The topological polar surface area (TPSA) is 40.1 Å². The highest BCUT2D eigenvalue weighted by molar-refractivity contribution is 5.80. The summed E-state index contributed by atoms with van der Waals surface area (Å²) in [5, 5.41) is 3.46. The van der Waals surface area contributed by atoms with Crippen molar-refractivity contribution in [3.63, 3.8) is 0 Å². The monoisotopic (exact) mass is 338 g/mol. The zero-order valence-electron chi connectivity index (χ0n) is 16.1. The lowest BCUT2D eigenvalue weighted by Gasteiger charge is -2.30. The maximum atomic E-state index is 5.30. The van der Waals surface area contributed by atoms with Crippen LogP contribution < -0.4 is 5.32 Å². The zero-order valence-corrected chi connectivity index (χ0v) is 16.1. The van der Waals surface area contributed by atoms with Gasteiger partial charge in [-0.05, 0) is 64.6 Å². The predicted octanol–water partition coefficient (Wildman–Crippen LogP) is 2.43. The standard InChI is InChI=1S/C19H38N4O/c1-4-20-19(23-14-9-18(15-23)16-24-3)21-10-5-6-11-22-12-7-17(2)8-13-22/h17-18H,4-16H2,1-3H3,(H,20,21). The fraction of sp³-hybridized carbons (Fsp3) is 0.947. The average Bonchev–Trinajstić information content (AvgIpc) is 3.04. The van der Waals surface area contributed by atoms with Crippen molar-refractivity contribution in [1.29, 1.82) is 0 Å². The molecule has 0 spiro atoms. The fourth-order valence-electron chi connectivity index (χ4n) is 3.74. The van der Waals surface area contributed by atoms with Crippen LogP contribution in [0.2, 0.25) is 0 Å². The van der Waals surface area contributed by atoms with E-state index in [2.05, 4.69) is 29.0 Å². The number of nitrogens with zero attached hydrogens (tertiary/aromatic N) is 3. The Morgan fingerprint density at radius 3 is 2.67 bits per heavy atom. The molecule has 1 atom stereocenters. The van der Waals surface area contributed by atoms with Crippen molar-refractivity contribution in [3.05, 3.63) is 0 Å². The van der Waals surface area contributed by atoms with Crippen molar-refractivity contribution in [2.24, 2.45) is 16.8 Å². The van der Waals surface area contributed by atoms with E-state index in [1.807, 2.05) is 0 Å². The molecule has 0 aromatic heterocycles. The summed E-state index contributed by atoms with van der Waals surface area (Å²) in [5.41, 5.74) is 0. The maximum Gasteiger partial charge on any atom is 0.193 e. The van der Waals surface area contributed by atoms with Crippen molar-refractivity contribution in [3.8, 4) is 0 Å². The van der Waals surface area contributed by atoms with Crippen LogP contribution >= 0.6 is 0 Å². The molecule has 2 heterocycles. The van der Waals surface area contributed by atoms with Gasteiger partial charge in [-0.3, -0.25) is 4.99 Å². The number of ether oxygens (including phenoxy) is 1. The fourth-order valence-corrected chi connectivity index (χ4v) is 3.74. The van der Waals surface area contributed by atoms with Gasteiger partial charge in [0.1, 0.15) is 0 Å². The Kier molecular flexibility index (Phi) is 8.89. The third kappa shape index (κ3) is 6.60. The second kappa shape index (κ2) is 10.9. The second-order valence-electron chi connectivity index (χ2n) is 7.52. The first kappa shape index (κ1) is 19.5. The highest BCUT2D eigenvalue weighted by atomic mass is 16.5. The van der Waals surface area contributed by atoms with E-state index in [0.717, 1.165) is 44.7 Å². The Bertz CT molecular complexity index is 366. The van der Waals surface area contributed by atoms with Crippen LogP contribution in [0.25, 0.3) is 0 Å². The zero-order chi connectivity index (χ0) is 17.2. The van der Waals surface area contributed by atoms with Gasteiger partial charge in [-0.25, -0.2) is 0 Å². The summed E-state index contributed by atoms with van der Waals surface area (Å²) in [6, 6.07) is 0. The van der Waals surface area contributed by atoms with Gasteiger partial charge in [-0.2, -0.15) is 0 Å². The largest absolute Gasteiger partial charge is 0.384 e. The van der Waals surface area contributed by atoms with Gasteiger partial charge in [0, 0.05) is 39.2 Å². The van der Waals surface area contributed by atoms with Gasteiger partial charge in [0.25, 0.3) is 0 Å². The van der Waals surface area contributed by atoms with E-state index in [1.165, 1.54) is 51.7 Å². The third-order valence-electron chi connectivity index (χ3n) is 5.34. The van der Waals surface area contributed by atoms with Crippen molar-refractivity contribution in [2.45, 2.75) is 46.0 Å². The van der Waals surface area contributed by atoms with Crippen molar-refractivity contribution in [2.75, 3.05) is 59.5 Å². The number of likely N-dealkylation sites (tertiary alicyclic amines) is 2. The van der Waals surface area contributed by atoms with Crippen LogP contribution in [-0.4, -0.2) is 75.3 Å². The summed E-state index contributed by atoms with van der Waals surface area (Å²) in [6.45, 7) is 13.3. The van der Waals surface area contributed by atoms with Crippen molar-refractivity contribution < 1.29 is 4.74 Å². The molecule has 0 saturated carbocycles. The van der Waals surface area contributed by atoms with E-state index in [4.69, 9.17) is 9.73 Å². The molecule has 0 amide bonds. The predicted molar refractivity (Wildman–Crippen MR) is 102 cm³/mol. The Morgan fingerprint density at radius 1 is 1.17 bits per heavy atom. The molecule has 1 N–H and O–H groups in total. The Morgan fingerprint density at radius 2 is 1.96 bits per heavy atom. The molecule has 140 valence electrons. The minimum Gasteiger partial charge on any atom is -0.384 e. The van der Waals surface area contributed by atoms with Crippen LogP contribution in [-0.2, 0) is 4.74 Å². The van der Waals surface area contributed by atoms with Crippen LogP contribution in [0.5, 0.6) is 0 Å². The molecule has 5 heteroatoms. The number of guanidine groups is 1. The molecule has 5 nitrogen and oxygen atoms in total. The summed E-state index contributed by atoms with van der Waals surface area (Å²) >= 11 is 0. The molecule has 1 unspecified atom stereocenters. The molecule has 0 bridgehead atoms. The van der Waals surface area contributed by atoms with E-state index in [9.17, 15) is 0 Å². The third-order valence-corrected chi connectivity index (χ3v) is 5.34. The Hall–Kier alpha value is -0.810. The molecule has 2 rings (SSSR count). The Labute approximate surface area is 148 Å². The smallest absolute Gasteiger partial charge is 0.193 e. The number of hydrogen-bond acceptors (Lipinski definition) is 3. The van der Waals surface area contributed by atoms with Gasteiger partial charge in [0.05, 0.1) is 6.61 Å². The molecule has 2 aliphatic heterocycles. The maximum absolute atomic E-state index is 5.30. The van der Waals surface area contributed by atoms with Gasteiger partial charge in [0.15, 0.2) is 5.96 Å². The highest BCUT2D eigenvalue weighted by Gasteiger charge is 2.24. The molecule has 0 aromatic carbocycles. The van der Waals surface area contributed by atoms with Crippen LogP contribution in [0.4, 0.5) is 0 Å². The molecule has 0 aromatic rings. The van der Waals surface area contributed by atoms with E-state index in [-0.39, 0.29) is 0 Å². The molecule has 24 heavy (non-hydrogen) atoms. The van der Waals surface area contributed by atoms with Crippen molar-refractivity contribution >= 4 is 5.96 Å². The van der Waals surface area contributed by atoms with E-state index >= 15 is 0 Å². The molecule has 0 aliphatic carbocycles. The number of piperidine rings is 1. The first-order valence-electron chi connectivity index (χ1n) is 9.97. The summed E-state index contributed by atoms with van der Waals surface area (Å²) in [5.74, 6) is 2.68. The van der Waals surface area contributed by atoms with E-state index in [0.29, 0.717) is 5.92 Å². The lowest BCUT2D eigenvalue weighted by Crippen LogP contribution is -2.40. The van der Waals surface area contributed by atoms with Crippen LogP contribution in [0.15, 0.2) is 4.99 Å². The van der Waals surface area contributed by atoms with Crippen LogP contribution in [0.3, 0.4) is 0 Å². The van der Waals surface area contributed by atoms with Crippen molar-refractivity contribution in [1.82, 2.24) is 15.1 Å². The first-order valence-corrected chi connectivity index (χ1v) is 9.97.